The SMILES string of the molecule is CN[C@H](CC(C)C)C(=O)N[C@H]1C(=O)N[C@@H](CC(N)=O)C(=O)N[C@H]2C(=O)N[C@H]3C(=O)N[C@H](C(=O)N[C@H](C(=O)OCC(=O)Nc4ccc(CC(P(=O)(O)O)P(=O)(O)O)cc4)c4cc(O)cc(O)c4-c4cc3ccc4O)[C@H](O[C@H]3C[C@](C)(N)[C@@H](O)[C@H](C)O3)c3ccc(c(Cl)c3)Oc3cc2cc(c3O[C@@H]2O[C@H](CO)[C@@H](O)[C@H](O)[C@H]2O[C@H]2C[C@](C)(N)[C@@H](O)[C@H](C)O2)Oc2ccc(cc2Cl)[C@H]1O. The van der Waals surface area contributed by atoms with Gasteiger partial charge in [-0.15, -0.1) is 0 Å². The van der Waals surface area contributed by atoms with Gasteiger partial charge in [0.05, 0.1) is 53.5 Å². The Balaban J connectivity index is 1.07. The number of carbonyl (C=O) groups excluding carboxylic acids is 9. The molecule has 131 heavy (non-hydrogen) atoms. The Kier molecular flexibility index (Phi) is 30.6. The number of likely N-dealkylation sites (N-methyl/N-ethyl adjacent to an activating group) is 1. The molecule has 48 heteroatoms. The number of hydrogen-bond acceptors (Lipinski definition) is 32. The second-order valence-corrected chi connectivity index (χ2v) is 38.5. The van der Waals surface area contributed by atoms with Crippen LogP contribution < -0.4 is 73.9 Å². The maximum Gasteiger partial charge on any atom is 0.341 e. The van der Waals surface area contributed by atoms with E-state index in [0.717, 1.165) is 91.0 Å². The van der Waals surface area contributed by atoms with E-state index in [1.807, 2.05) is 0 Å². The van der Waals surface area contributed by atoms with Crippen molar-refractivity contribution in [1.29, 1.82) is 0 Å². The lowest BCUT2D eigenvalue weighted by Gasteiger charge is -2.47. The molecule has 0 aromatic heterocycles. The molecule has 3 saturated heterocycles. The summed E-state index contributed by atoms with van der Waals surface area (Å²) in [5.74, 6) is -18.0. The summed E-state index contributed by atoms with van der Waals surface area (Å²) >= 11 is 14.6. The molecular formula is C83H101Cl2N11O33P2. The molecule has 22 atom stereocenters. The number of ether oxygens (including phenoxy) is 9. The lowest BCUT2D eigenvalue weighted by molar-refractivity contribution is -0.333. The molecule has 3 fully saturated rings. The first-order valence-electron chi connectivity index (χ1n) is 40.9. The standard InChI is InChI=1S/C83H101Cl2N11O33P2/c1-32(2)18-46(89-7)74(108)95-64-66(103)37-11-16-50(44(84)21-37)124-52-23-39-24-53(70(52)129-81-71(68(105)67(104)54(30-97)126-81)128-58-29-83(6,88)73(107)34(4)123-58)125-51-17-12-38(22-45(51)85)69(127-57-28-82(5,87)72(106)33(3)122-57)65-79(113)94-63(80(114)121-31-56(102)90-40-13-8-35(9-14-40)19-59(130(115,116)117)131(118,119)120)43-25-41(98)26-49(100)60(43)42-20-36(10-15-48(42)99)61(76(110)96-65)93-77(111)62(39)92-75(109)47(27-55(86)101)91-78(64)112/h8-17,20-26,32-34,46-47,54,57-59,61-69,71-73,81,89,97-100,103-107H,18-19,27-31,87-88H2,1-7H3,(H2,86,101)(H,90,102)(H,91,112)(H,92,109)(H,93,111)(H,94,113)(H,95,108)(H,96,110)(H2,115,116,117)(H2,118,119,120)/t33-,34-,46+,47-,54+,57-,58-,61+,62+,63-,64+,65-,66+,67+,68-,69+,71+,72-,73-,81-,82-,83-/m0/s1. The molecule has 0 saturated carbocycles. The lowest BCUT2D eigenvalue weighted by Crippen LogP contribution is -2.64. The molecular weight excluding hydrogens is 1810 g/mol. The van der Waals surface area contributed by atoms with Gasteiger partial charge in [0.15, 0.2) is 48.2 Å². The highest BCUT2D eigenvalue weighted by atomic mass is 35.5. The summed E-state index contributed by atoms with van der Waals surface area (Å²) in [6.07, 6.45) is -24.7. The predicted octanol–water partition coefficient (Wildman–Crippen LogP) is 0.665. The van der Waals surface area contributed by atoms with Crippen molar-refractivity contribution < 1.29 is 160 Å². The number of phenolic OH excluding ortho intramolecular Hbond substituents is 3. The van der Waals surface area contributed by atoms with Crippen molar-refractivity contribution in [3.05, 3.63) is 147 Å². The van der Waals surface area contributed by atoms with Gasteiger partial charge >= 0.3 is 21.2 Å². The lowest BCUT2D eigenvalue weighted by atomic mass is 9.86. The topological polar surface area (TPSA) is 708 Å². The van der Waals surface area contributed by atoms with Gasteiger partial charge in [0, 0.05) is 52.4 Å². The molecule has 44 nitrogen and oxygen atoms in total. The molecule has 8 aliphatic heterocycles. The van der Waals surface area contributed by atoms with Crippen LogP contribution in [0.2, 0.25) is 10.0 Å². The van der Waals surface area contributed by atoms with Crippen molar-refractivity contribution in [3.8, 4) is 57.1 Å². The summed E-state index contributed by atoms with van der Waals surface area (Å²) in [5.41, 5.74) is 12.7. The number of anilines is 1. The van der Waals surface area contributed by atoms with Crippen LogP contribution in [0, 0.1) is 5.92 Å². The smallest absolute Gasteiger partial charge is 0.341 e. The first-order valence-corrected chi connectivity index (χ1v) is 45.0. The van der Waals surface area contributed by atoms with Gasteiger partial charge < -0.3 is 168 Å². The molecule has 710 valence electrons. The van der Waals surface area contributed by atoms with E-state index in [1.54, 1.807) is 13.8 Å². The van der Waals surface area contributed by atoms with Crippen molar-refractivity contribution in [2.24, 2.45) is 23.1 Å². The fraction of sp³-hybridized carbons (Fsp3) is 0.458. The van der Waals surface area contributed by atoms with Crippen molar-refractivity contribution in [2.75, 3.05) is 25.6 Å². The Morgan fingerprint density at radius 3 is 1.77 bits per heavy atom. The first kappa shape index (κ1) is 99.7. The zero-order valence-corrected chi connectivity index (χ0v) is 74.1. The number of hydrogen-bond donors (Lipinski definition) is 24. The van der Waals surface area contributed by atoms with Crippen molar-refractivity contribution in [1.82, 2.24) is 37.2 Å². The van der Waals surface area contributed by atoms with Gasteiger partial charge in [-0.05, 0) is 148 Å². The minimum atomic E-state index is -5.39. The minimum absolute atomic E-state index is 0.00993. The fourth-order valence-electron chi connectivity index (χ4n) is 16.0. The average molecular weight is 1910 g/mol. The zero-order chi connectivity index (χ0) is 95.9. The highest BCUT2D eigenvalue weighted by Gasteiger charge is 2.53. The third-order valence-electron chi connectivity index (χ3n) is 22.9. The summed E-state index contributed by atoms with van der Waals surface area (Å²) < 4.78 is 81.8. The van der Waals surface area contributed by atoms with Gasteiger partial charge in [-0.2, -0.15) is 0 Å². The van der Waals surface area contributed by atoms with Gasteiger partial charge in [0.25, 0.3) is 5.91 Å². The fourth-order valence-corrected chi connectivity index (χ4v) is 19.0. The Morgan fingerprint density at radius 1 is 0.641 bits per heavy atom. The third kappa shape index (κ3) is 22.8. The van der Waals surface area contributed by atoms with Crippen molar-refractivity contribution >= 4 is 97.3 Å². The normalized spacial score (nSPS) is 29.2. The van der Waals surface area contributed by atoms with Gasteiger partial charge in [-0.3, -0.25) is 47.5 Å². The third-order valence-corrected chi connectivity index (χ3v) is 27.2. The second-order valence-electron chi connectivity index (χ2n) is 33.6. The quantitative estimate of drug-likeness (QED) is 0.0328. The largest absolute Gasteiger partial charge is 0.508 e. The molecule has 8 heterocycles. The van der Waals surface area contributed by atoms with Crippen LogP contribution in [0.15, 0.2) is 103 Å². The van der Waals surface area contributed by atoms with E-state index >= 15 is 28.8 Å². The number of aliphatic hydroxyl groups is 6. The van der Waals surface area contributed by atoms with E-state index in [9.17, 15) is 89.0 Å². The summed E-state index contributed by atoms with van der Waals surface area (Å²) in [5, 5.41) is 122. The van der Waals surface area contributed by atoms with Crippen LogP contribution in [0.1, 0.15) is 131 Å². The molecule has 0 unspecified atom stereocenters. The Hall–Kier alpha value is -10.3. The molecule has 0 radical (unpaired) electrons. The number of aliphatic hydroxyl groups excluding tert-OH is 6. The number of benzene rings is 6. The van der Waals surface area contributed by atoms with Gasteiger partial charge in [0.1, 0.15) is 89.5 Å². The first-order chi connectivity index (χ1) is 61.4. The number of nitrogens with one attached hydrogen (secondary N) is 8. The summed E-state index contributed by atoms with van der Waals surface area (Å²) in [4.78, 5) is 176. The number of primary amides is 1. The summed E-state index contributed by atoms with van der Waals surface area (Å²) in [6, 6.07) is 3.01. The number of halogens is 2. The average Bonchev–Trinajstić information content (AvgIpc) is 0.758. The highest BCUT2D eigenvalue weighted by Crippen LogP contribution is 2.61. The molecule has 6 aromatic rings. The van der Waals surface area contributed by atoms with E-state index in [2.05, 4.69) is 42.5 Å². The molecule has 8 aliphatic rings. The van der Waals surface area contributed by atoms with E-state index in [4.69, 9.17) is 83.0 Å². The predicted molar refractivity (Wildman–Crippen MR) is 456 cm³/mol. The van der Waals surface area contributed by atoms with Crippen molar-refractivity contribution in [2.45, 2.75) is 212 Å². The van der Waals surface area contributed by atoms with Crippen molar-refractivity contribution in [3.63, 3.8) is 0 Å². The molecule has 0 aliphatic carbocycles. The monoisotopic (exact) mass is 1910 g/mol. The number of carbonyl (C=O) groups is 9. The van der Waals surface area contributed by atoms with E-state index in [0.29, 0.717) is 0 Å². The summed E-state index contributed by atoms with van der Waals surface area (Å²) in [7, 11) is -9.33. The highest BCUT2D eigenvalue weighted by molar-refractivity contribution is 7.70. The summed E-state index contributed by atoms with van der Waals surface area (Å²) in [6.45, 7) is 7.11. The van der Waals surface area contributed by atoms with Gasteiger partial charge in [-0.1, -0.05) is 67.4 Å². The van der Waals surface area contributed by atoms with Crippen LogP contribution in [-0.4, -0.2) is 247 Å². The maximum atomic E-state index is 16.6. The molecule has 6 aromatic carbocycles. The molecule has 0 spiro atoms. The molecule has 11 bridgehead atoms. The molecule has 14 rings (SSSR count). The van der Waals surface area contributed by atoms with E-state index < -0.39 is 323 Å². The van der Waals surface area contributed by atoms with Gasteiger partial charge in [0.2, 0.25) is 53.4 Å². The Morgan fingerprint density at radius 2 is 1.21 bits per heavy atom. The number of amides is 8. The van der Waals surface area contributed by atoms with Crippen LogP contribution >= 0.6 is 38.4 Å². The number of phenols is 3. The van der Waals surface area contributed by atoms with E-state index in [1.165, 1.54) is 46.9 Å². The van der Waals surface area contributed by atoms with Crippen LogP contribution in [0.4, 0.5) is 5.69 Å². The minimum Gasteiger partial charge on any atom is -0.508 e. The Labute approximate surface area is 756 Å². The maximum absolute atomic E-state index is 16.6. The van der Waals surface area contributed by atoms with Crippen LogP contribution in [-0.2, 0) is 87.1 Å². The van der Waals surface area contributed by atoms with Crippen LogP contribution in [0.5, 0.6) is 46.0 Å². The number of esters is 1. The van der Waals surface area contributed by atoms with Gasteiger partial charge in [-0.25, -0.2) is 4.79 Å². The molecule has 8 amide bonds. The molecule has 27 N–H and O–H groups in total. The van der Waals surface area contributed by atoms with Crippen LogP contribution in [0.25, 0.3) is 11.1 Å². The number of rotatable bonds is 22. The zero-order valence-electron chi connectivity index (χ0n) is 70.8. The number of aromatic hydroxyl groups is 3. The second kappa shape index (κ2) is 40.2. The van der Waals surface area contributed by atoms with E-state index in [-0.39, 0.29) is 41.1 Å². The Bertz CT molecular complexity index is 5440. The van der Waals surface area contributed by atoms with Crippen LogP contribution in [0.3, 0.4) is 0 Å². The number of nitrogens with two attached hydrogens (primary N) is 3. The number of fused-ring (bicyclic) bond motifs is 15.